The molecule has 15 heavy (non-hydrogen) atoms. The Morgan fingerprint density at radius 1 is 1.60 bits per heavy atom. The van der Waals surface area contributed by atoms with E-state index in [0.717, 1.165) is 29.1 Å². The third kappa shape index (κ3) is 1.85. The van der Waals surface area contributed by atoms with Crippen LogP contribution in [0.15, 0.2) is 18.2 Å². The zero-order valence-corrected chi connectivity index (χ0v) is 9.17. The molecule has 1 atom stereocenters. The van der Waals surface area contributed by atoms with Gasteiger partial charge in [0.1, 0.15) is 6.04 Å². The van der Waals surface area contributed by atoms with Gasteiger partial charge in [0.25, 0.3) is 0 Å². The Bertz CT molecular complexity index is 392. The lowest BCUT2D eigenvalue weighted by Gasteiger charge is -2.25. The summed E-state index contributed by atoms with van der Waals surface area (Å²) in [5, 5.41) is 3.84. The second-order valence-corrected chi connectivity index (χ2v) is 3.88. The fourth-order valence-corrected chi connectivity index (χ4v) is 2.17. The van der Waals surface area contributed by atoms with Crippen molar-refractivity contribution >= 4 is 17.6 Å². The molecule has 0 fully saturated rings. The number of benzene rings is 1. The first-order chi connectivity index (χ1) is 7.24. The molecule has 1 aliphatic rings. The van der Waals surface area contributed by atoms with Gasteiger partial charge >= 0.3 is 5.97 Å². The average Bonchev–Trinajstić information content (AvgIpc) is 2.28. The molecule has 0 spiro atoms. The van der Waals surface area contributed by atoms with Gasteiger partial charge in [-0.2, -0.15) is 0 Å². The van der Waals surface area contributed by atoms with Crippen molar-refractivity contribution in [3.8, 4) is 0 Å². The Morgan fingerprint density at radius 3 is 3.13 bits per heavy atom. The van der Waals surface area contributed by atoms with E-state index in [-0.39, 0.29) is 12.0 Å². The molecular formula is C11H12ClNO2. The van der Waals surface area contributed by atoms with Crippen molar-refractivity contribution in [3.63, 3.8) is 0 Å². The van der Waals surface area contributed by atoms with Gasteiger partial charge in [-0.3, -0.25) is 0 Å². The van der Waals surface area contributed by atoms with E-state index in [9.17, 15) is 4.79 Å². The lowest BCUT2D eigenvalue weighted by molar-refractivity contribution is -0.143. The van der Waals surface area contributed by atoms with E-state index in [4.69, 9.17) is 16.3 Å². The Morgan fingerprint density at radius 2 is 2.40 bits per heavy atom. The fraction of sp³-hybridized carbons (Fsp3) is 0.364. The van der Waals surface area contributed by atoms with E-state index in [1.165, 1.54) is 7.11 Å². The first kappa shape index (κ1) is 10.5. The van der Waals surface area contributed by atoms with E-state index in [1.54, 1.807) is 0 Å². The average molecular weight is 226 g/mol. The zero-order valence-electron chi connectivity index (χ0n) is 8.42. The SMILES string of the molecule is COC(=O)C1NCCc2c(Cl)cccc21. The van der Waals surface area contributed by atoms with Crippen LogP contribution in [0.3, 0.4) is 0 Å². The highest BCUT2D eigenvalue weighted by Crippen LogP contribution is 2.29. The monoisotopic (exact) mass is 225 g/mol. The maximum Gasteiger partial charge on any atom is 0.327 e. The molecule has 1 aromatic carbocycles. The van der Waals surface area contributed by atoms with Crippen LogP contribution in [-0.4, -0.2) is 19.6 Å². The molecule has 1 unspecified atom stereocenters. The van der Waals surface area contributed by atoms with Gasteiger partial charge in [0.15, 0.2) is 0 Å². The van der Waals surface area contributed by atoms with Gasteiger partial charge in [0.2, 0.25) is 0 Å². The number of hydrogen-bond acceptors (Lipinski definition) is 3. The summed E-state index contributed by atoms with van der Waals surface area (Å²) in [5.74, 6) is -0.266. The lowest BCUT2D eigenvalue weighted by Crippen LogP contribution is -2.35. The molecule has 0 saturated heterocycles. The first-order valence-corrected chi connectivity index (χ1v) is 5.20. The minimum absolute atomic E-state index is 0.266. The highest BCUT2D eigenvalue weighted by Gasteiger charge is 2.27. The van der Waals surface area contributed by atoms with Crippen molar-refractivity contribution in [2.24, 2.45) is 0 Å². The molecule has 0 amide bonds. The maximum absolute atomic E-state index is 11.5. The summed E-state index contributed by atoms with van der Waals surface area (Å²) in [6.07, 6.45) is 0.850. The Hall–Kier alpha value is -1.06. The largest absolute Gasteiger partial charge is 0.468 e. The van der Waals surface area contributed by atoms with Gasteiger partial charge in [-0.05, 0) is 23.6 Å². The van der Waals surface area contributed by atoms with E-state index in [2.05, 4.69) is 5.32 Å². The highest BCUT2D eigenvalue weighted by molar-refractivity contribution is 6.31. The number of halogens is 1. The van der Waals surface area contributed by atoms with Crippen LogP contribution in [0, 0.1) is 0 Å². The molecule has 3 nitrogen and oxygen atoms in total. The number of carbonyl (C=O) groups is 1. The summed E-state index contributed by atoms with van der Waals surface area (Å²) in [4.78, 5) is 11.5. The van der Waals surface area contributed by atoms with Gasteiger partial charge in [0, 0.05) is 11.6 Å². The van der Waals surface area contributed by atoms with Crippen LogP contribution in [0.2, 0.25) is 5.02 Å². The number of hydrogen-bond donors (Lipinski definition) is 1. The number of ether oxygens (including phenoxy) is 1. The molecule has 0 bridgehead atoms. The van der Waals surface area contributed by atoms with E-state index in [0.29, 0.717) is 0 Å². The van der Waals surface area contributed by atoms with Crippen LogP contribution in [0.5, 0.6) is 0 Å². The normalized spacial score (nSPS) is 19.5. The standard InChI is InChI=1S/C11H12ClNO2/c1-15-11(14)10-8-3-2-4-9(12)7(8)5-6-13-10/h2-4,10,13H,5-6H2,1H3. The van der Waals surface area contributed by atoms with E-state index < -0.39 is 0 Å². The van der Waals surface area contributed by atoms with Crippen molar-refractivity contribution in [2.75, 3.05) is 13.7 Å². The van der Waals surface area contributed by atoms with Crippen LogP contribution in [0.1, 0.15) is 17.2 Å². The maximum atomic E-state index is 11.5. The molecule has 1 aliphatic heterocycles. The third-order valence-electron chi connectivity index (χ3n) is 2.63. The molecule has 1 N–H and O–H groups in total. The topological polar surface area (TPSA) is 38.3 Å². The molecule has 2 rings (SSSR count). The molecule has 0 saturated carbocycles. The minimum Gasteiger partial charge on any atom is -0.468 e. The van der Waals surface area contributed by atoms with E-state index >= 15 is 0 Å². The molecule has 1 aromatic rings. The van der Waals surface area contributed by atoms with Gasteiger partial charge < -0.3 is 10.1 Å². The van der Waals surface area contributed by atoms with Gasteiger partial charge in [0.05, 0.1) is 7.11 Å². The van der Waals surface area contributed by atoms with Crippen LogP contribution >= 0.6 is 11.6 Å². The predicted molar refractivity (Wildman–Crippen MR) is 57.9 cm³/mol. The van der Waals surface area contributed by atoms with Crippen LogP contribution in [0.25, 0.3) is 0 Å². The second-order valence-electron chi connectivity index (χ2n) is 3.47. The third-order valence-corrected chi connectivity index (χ3v) is 2.98. The number of carbonyl (C=O) groups excluding carboxylic acids is 1. The Balaban J connectivity index is 2.42. The number of esters is 1. The van der Waals surface area contributed by atoms with Gasteiger partial charge in [-0.25, -0.2) is 4.79 Å². The molecule has 4 heteroatoms. The number of nitrogens with one attached hydrogen (secondary N) is 1. The summed E-state index contributed by atoms with van der Waals surface area (Å²) in [6.45, 7) is 0.747. The molecule has 80 valence electrons. The molecular weight excluding hydrogens is 214 g/mol. The number of rotatable bonds is 1. The summed E-state index contributed by atoms with van der Waals surface area (Å²) in [7, 11) is 1.39. The molecule has 0 aromatic heterocycles. The van der Waals surface area contributed by atoms with Crippen LogP contribution in [-0.2, 0) is 16.0 Å². The van der Waals surface area contributed by atoms with Gasteiger partial charge in [-0.1, -0.05) is 23.7 Å². The second kappa shape index (κ2) is 4.21. The van der Waals surface area contributed by atoms with Crippen LogP contribution in [0.4, 0.5) is 0 Å². The van der Waals surface area contributed by atoms with Crippen molar-refractivity contribution in [1.82, 2.24) is 5.32 Å². The molecule has 0 radical (unpaired) electrons. The zero-order chi connectivity index (χ0) is 10.8. The fourth-order valence-electron chi connectivity index (χ4n) is 1.89. The smallest absolute Gasteiger partial charge is 0.327 e. The Kier molecular flexibility index (Phi) is 2.93. The highest BCUT2D eigenvalue weighted by atomic mass is 35.5. The number of fused-ring (bicyclic) bond motifs is 1. The summed E-state index contributed by atoms with van der Waals surface area (Å²) >= 11 is 6.08. The van der Waals surface area contributed by atoms with Crippen molar-refractivity contribution in [1.29, 1.82) is 0 Å². The minimum atomic E-state index is -0.377. The molecule has 1 heterocycles. The summed E-state index contributed by atoms with van der Waals surface area (Å²) < 4.78 is 4.74. The van der Waals surface area contributed by atoms with Crippen molar-refractivity contribution < 1.29 is 9.53 Å². The van der Waals surface area contributed by atoms with Crippen LogP contribution < -0.4 is 5.32 Å². The van der Waals surface area contributed by atoms with E-state index in [1.807, 2.05) is 18.2 Å². The quantitative estimate of drug-likeness (QED) is 0.740. The summed E-state index contributed by atoms with van der Waals surface area (Å²) in [6, 6.07) is 5.23. The van der Waals surface area contributed by atoms with Crippen molar-refractivity contribution in [3.05, 3.63) is 34.3 Å². The van der Waals surface area contributed by atoms with Gasteiger partial charge in [-0.15, -0.1) is 0 Å². The first-order valence-electron chi connectivity index (χ1n) is 4.82. The van der Waals surface area contributed by atoms with Crippen molar-refractivity contribution in [2.45, 2.75) is 12.5 Å². The Labute approximate surface area is 93.4 Å². The lowest BCUT2D eigenvalue weighted by atomic mass is 9.94. The number of methoxy groups -OCH3 is 1. The summed E-state index contributed by atoms with van der Waals surface area (Å²) in [5.41, 5.74) is 1.98. The molecule has 0 aliphatic carbocycles. The predicted octanol–water partition coefficient (Wildman–Crippen LogP) is 1.70.